The second-order valence-corrected chi connectivity index (χ2v) is 4.53. The molecule has 0 aromatic heterocycles. The molecule has 0 aliphatic heterocycles. The standard InChI is InChI=1S/C10H19NO/c11-9(8-4-5-8)10(12)6-2-1-3-7-10/h8-9,12H,1-7,11H2. The first kappa shape index (κ1) is 8.52. The van der Waals surface area contributed by atoms with Crippen molar-refractivity contribution in [1.82, 2.24) is 0 Å². The zero-order chi connectivity index (χ0) is 8.60. The molecule has 0 aromatic rings. The molecule has 0 amide bonds. The summed E-state index contributed by atoms with van der Waals surface area (Å²) in [6.45, 7) is 0. The van der Waals surface area contributed by atoms with Crippen LogP contribution >= 0.6 is 0 Å². The van der Waals surface area contributed by atoms with Gasteiger partial charge < -0.3 is 10.8 Å². The fraction of sp³-hybridized carbons (Fsp3) is 1.00. The van der Waals surface area contributed by atoms with E-state index in [-0.39, 0.29) is 6.04 Å². The van der Waals surface area contributed by atoms with E-state index in [1.807, 2.05) is 0 Å². The first-order valence-electron chi connectivity index (χ1n) is 5.20. The molecule has 2 rings (SSSR count). The van der Waals surface area contributed by atoms with Gasteiger partial charge in [0.05, 0.1) is 5.60 Å². The Hall–Kier alpha value is -0.0800. The van der Waals surface area contributed by atoms with Gasteiger partial charge in [-0.3, -0.25) is 0 Å². The zero-order valence-corrected chi connectivity index (χ0v) is 7.63. The number of aliphatic hydroxyl groups is 1. The van der Waals surface area contributed by atoms with Crippen molar-refractivity contribution in [2.45, 2.75) is 56.6 Å². The van der Waals surface area contributed by atoms with Gasteiger partial charge in [-0.2, -0.15) is 0 Å². The van der Waals surface area contributed by atoms with E-state index < -0.39 is 5.60 Å². The third-order valence-corrected chi connectivity index (χ3v) is 3.47. The van der Waals surface area contributed by atoms with E-state index in [1.54, 1.807) is 0 Å². The molecule has 2 aliphatic rings. The molecule has 2 fully saturated rings. The van der Waals surface area contributed by atoms with Gasteiger partial charge in [-0.05, 0) is 31.6 Å². The Kier molecular flexibility index (Phi) is 2.13. The molecule has 0 saturated heterocycles. The summed E-state index contributed by atoms with van der Waals surface area (Å²) in [6, 6.07) is 0.0674. The van der Waals surface area contributed by atoms with Gasteiger partial charge in [-0.25, -0.2) is 0 Å². The molecule has 2 aliphatic carbocycles. The quantitative estimate of drug-likeness (QED) is 0.656. The normalized spacial score (nSPS) is 31.5. The average molecular weight is 169 g/mol. The van der Waals surface area contributed by atoms with E-state index in [4.69, 9.17) is 5.73 Å². The van der Waals surface area contributed by atoms with Gasteiger partial charge in [0.1, 0.15) is 0 Å². The van der Waals surface area contributed by atoms with Gasteiger partial charge >= 0.3 is 0 Å². The van der Waals surface area contributed by atoms with Crippen LogP contribution in [0.3, 0.4) is 0 Å². The second kappa shape index (κ2) is 3.00. The highest BCUT2D eigenvalue weighted by Gasteiger charge is 2.43. The van der Waals surface area contributed by atoms with Crippen LogP contribution in [0.15, 0.2) is 0 Å². The summed E-state index contributed by atoms with van der Waals surface area (Å²) < 4.78 is 0. The molecular weight excluding hydrogens is 150 g/mol. The van der Waals surface area contributed by atoms with Crippen LogP contribution in [0.2, 0.25) is 0 Å². The highest BCUT2D eigenvalue weighted by atomic mass is 16.3. The molecule has 0 heterocycles. The first-order chi connectivity index (χ1) is 5.72. The van der Waals surface area contributed by atoms with E-state index in [0.29, 0.717) is 5.92 Å². The second-order valence-electron chi connectivity index (χ2n) is 4.53. The molecule has 0 radical (unpaired) electrons. The Morgan fingerprint density at radius 1 is 1.17 bits per heavy atom. The van der Waals surface area contributed by atoms with Crippen molar-refractivity contribution in [2.75, 3.05) is 0 Å². The predicted octanol–water partition coefficient (Wildman–Crippen LogP) is 1.42. The maximum atomic E-state index is 10.2. The van der Waals surface area contributed by atoms with E-state index in [9.17, 15) is 5.11 Å². The smallest absolute Gasteiger partial charge is 0.0800 e. The monoisotopic (exact) mass is 169 g/mol. The number of hydrogen-bond acceptors (Lipinski definition) is 2. The summed E-state index contributed by atoms with van der Waals surface area (Å²) >= 11 is 0. The van der Waals surface area contributed by atoms with Crippen LogP contribution in [0.4, 0.5) is 0 Å². The lowest BCUT2D eigenvalue weighted by atomic mass is 9.78. The summed E-state index contributed by atoms with van der Waals surface area (Å²) in [5.74, 6) is 0.632. The van der Waals surface area contributed by atoms with E-state index >= 15 is 0 Å². The topological polar surface area (TPSA) is 46.2 Å². The summed E-state index contributed by atoms with van der Waals surface area (Å²) in [5, 5.41) is 10.2. The molecule has 0 aromatic carbocycles. The van der Waals surface area contributed by atoms with Crippen LogP contribution < -0.4 is 5.73 Å². The fourth-order valence-electron chi connectivity index (χ4n) is 2.39. The number of hydrogen-bond donors (Lipinski definition) is 2. The molecule has 0 bridgehead atoms. The minimum Gasteiger partial charge on any atom is -0.388 e. The number of nitrogens with two attached hydrogens (primary N) is 1. The van der Waals surface area contributed by atoms with Crippen molar-refractivity contribution >= 4 is 0 Å². The average Bonchev–Trinajstić information content (AvgIpc) is 2.87. The highest BCUT2D eigenvalue weighted by Crippen LogP contribution is 2.41. The van der Waals surface area contributed by atoms with Gasteiger partial charge in [-0.15, -0.1) is 0 Å². The van der Waals surface area contributed by atoms with Crippen LogP contribution in [0.25, 0.3) is 0 Å². The van der Waals surface area contributed by atoms with Crippen molar-refractivity contribution in [3.8, 4) is 0 Å². The third-order valence-electron chi connectivity index (χ3n) is 3.47. The third kappa shape index (κ3) is 1.50. The van der Waals surface area contributed by atoms with Crippen LogP contribution in [-0.2, 0) is 0 Å². The largest absolute Gasteiger partial charge is 0.388 e. The summed E-state index contributed by atoms with van der Waals surface area (Å²) in [6.07, 6.45) is 7.95. The van der Waals surface area contributed by atoms with Crippen molar-refractivity contribution in [2.24, 2.45) is 11.7 Å². The van der Waals surface area contributed by atoms with Crippen LogP contribution in [0, 0.1) is 5.92 Å². The van der Waals surface area contributed by atoms with Crippen LogP contribution in [0.5, 0.6) is 0 Å². The Morgan fingerprint density at radius 2 is 1.75 bits per heavy atom. The fourth-order valence-corrected chi connectivity index (χ4v) is 2.39. The Labute approximate surface area is 74.1 Å². The van der Waals surface area contributed by atoms with Gasteiger partial charge in [0.15, 0.2) is 0 Å². The minimum atomic E-state index is -0.501. The Balaban J connectivity index is 1.96. The van der Waals surface area contributed by atoms with Crippen LogP contribution in [0.1, 0.15) is 44.9 Å². The molecule has 12 heavy (non-hydrogen) atoms. The summed E-state index contributed by atoms with van der Waals surface area (Å²) in [5.41, 5.74) is 5.54. The molecule has 0 spiro atoms. The van der Waals surface area contributed by atoms with Gasteiger partial charge in [0, 0.05) is 6.04 Å². The van der Waals surface area contributed by atoms with E-state index in [1.165, 1.54) is 19.3 Å². The maximum Gasteiger partial charge on any atom is 0.0800 e. The Bertz CT molecular complexity index is 159. The molecule has 2 heteroatoms. The minimum absolute atomic E-state index is 0.0674. The molecule has 2 nitrogen and oxygen atoms in total. The van der Waals surface area contributed by atoms with Crippen molar-refractivity contribution in [1.29, 1.82) is 0 Å². The molecule has 1 unspecified atom stereocenters. The van der Waals surface area contributed by atoms with E-state index in [0.717, 1.165) is 25.7 Å². The summed E-state index contributed by atoms with van der Waals surface area (Å²) in [7, 11) is 0. The van der Waals surface area contributed by atoms with Crippen molar-refractivity contribution in [3.05, 3.63) is 0 Å². The zero-order valence-electron chi connectivity index (χ0n) is 7.63. The highest BCUT2D eigenvalue weighted by molar-refractivity contribution is 4.99. The molecule has 2 saturated carbocycles. The molecule has 70 valence electrons. The number of rotatable bonds is 2. The summed E-state index contributed by atoms with van der Waals surface area (Å²) in [4.78, 5) is 0. The van der Waals surface area contributed by atoms with Crippen molar-refractivity contribution < 1.29 is 5.11 Å². The lowest BCUT2D eigenvalue weighted by Crippen LogP contribution is -2.50. The molecule has 3 N–H and O–H groups in total. The lowest BCUT2D eigenvalue weighted by molar-refractivity contribution is -0.0252. The Morgan fingerprint density at radius 3 is 2.25 bits per heavy atom. The van der Waals surface area contributed by atoms with Gasteiger partial charge in [0.25, 0.3) is 0 Å². The SMILES string of the molecule is NC(C1CC1)C1(O)CCCCC1. The van der Waals surface area contributed by atoms with Gasteiger partial charge in [-0.1, -0.05) is 19.3 Å². The lowest BCUT2D eigenvalue weighted by Gasteiger charge is -2.37. The first-order valence-corrected chi connectivity index (χ1v) is 5.20. The van der Waals surface area contributed by atoms with Gasteiger partial charge in [0.2, 0.25) is 0 Å². The molecular formula is C10H19NO. The predicted molar refractivity (Wildman–Crippen MR) is 48.7 cm³/mol. The molecule has 1 atom stereocenters. The van der Waals surface area contributed by atoms with Crippen LogP contribution in [-0.4, -0.2) is 16.7 Å². The maximum absolute atomic E-state index is 10.2. The van der Waals surface area contributed by atoms with E-state index in [2.05, 4.69) is 0 Å². The van der Waals surface area contributed by atoms with Crippen molar-refractivity contribution in [3.63, 3.8) is 0 Å².